The number of benzene rings is 1. The molecule has 0 radical (unpaired) electrons. The molecule has 0 spiro atoms. The van der Waals surface area contributed by atoms with E-state index in [4.69, 9.17) is 9.47 Å². The standard InChI is InChI=1S/C17H26O3/c1-4-5-6-7-10-17(2)12-15(18)14-11-13(19-3)8-9-16(14)20-17/h8-9,11,15,18H,4-7,10,12H2,1-3H3. The molecule has 0 saturated carbocycles. The Hall–Kier alpha value is -1.22. The van der Waals surface area contributed by atoms with Crippen molar-refractivity contribution in [3.05, 3.63) is 23.8 Å². The van der Waals surface area contributed by atoms with Crippen LogP contribution in [0.5, 0.6) is 11.5 Å². The summed E-state index contributed by atoms with van der Waals surface area (Å²) in [6.45, 7) is 4.32. The van der Waals surface area contributed by atoms with Crippen LogP contribution in [0.25, 0.3) is 0 Å². The highest BCUT2D eigenvalue weighted by molar-refractivity contribution is 5.43. The van der Waals surface area contributed by atoms with Gasteiger partial charge in [0.25, 0.3) is 0 Å². The molecule has 0 bridgehead atoms. The van der Waals surface area contributed by atoms with Crippen LogP contribution in [0.2, 0.25) is 0 Å². The quantitative estimate of drug-likeness (QED) is 0.791. The maximum Gasteiger partial charge on any atom is 0.126 e. The minimum absolute atomic E-state index is 0.255. The van der Waals surface area contributed by atoms with Gasteiger partial charge in [-0.1, -0.05) is 26.2 Å². The van der Waals surface area contributed by atoms with Crippen LogP contribution in [0, 0.1) is 0 Å². The predicted molar refractivity (Wildman–Crippen MR) is 80.4 cm³/mol. The highest BCUT2D eigenvalue weighted by Crippen LogP contribution is 2.43. The summed E-state index contributed by atoms with van der Waals surface area (Å²) < 4.78 is 11.4. The molecule has 0 amide bonds. The van der Waals surface area contributed by atoms with Crippen molar-refractivity contribution < 1.29 is 14.6 Å². The van der Waals surface area contributed by atoms with E-state index < -0.39 is 6.10 Å². The average molecular weight is 278 g/mol. The van der Waals surface area contributed by atoms with Gasteiger partial charge >= 0.3 is 0 Å². The molecule has 0 saturated heterocycles. The van der Waals surface area contributed by atoms with Gasteiger partial charge in [-0.15, -0.1) is 0 Å². The van der Waals surface area contributed by atoms with Crippen LogP contribution >= 0.6 is 0 Å². The summed E-state index contributed by atoms with van der Waals surface area (Å²) in [5.41, 5.74) is 0.588. The van der Waals surface area contributed by atoms with Crippen LogP contribution in [-0.4, -0.2) is 17.8 Å². The molecule has 1 heterocycles. The first-order valence-electron chi connectivity index (χ1n) is 7.63. The number of fused-ring (bicyclic) bond motifs is 1. The number of aliphatic hydroxyl groups excluding tert-OH is 1. The smallest absolute Gasteiger partial charge is 0.126 e. The number of aliphatic hydroxyl groups is 1. The molecule has 0 fully saturated rings. The first-order chi connectivity index (χ1) is 9.58. The second-order valence-corrected chi connectivity index (χ2v) is 5.99. The van der Waals surface area contributed by atoms with Gasteiger partial charge in [0.2, 0.25) is 0 Å². The molecule has 112 valence electrons. The third-order valence-electron chi connectivity index (χ3n) is 4.12. The van der Waals surface area contributed by atoms with Crippen molar-refractivity contribution in [1.82, 2.24) is 0 Å². The van der Waals surface area contributed by atoms with Gasteiger partial charge in [0, 0.05) is 12.0 Å². The Morgan fingerprint density at radius 2 is 2.15 bits per heavy atom. The fourth-order valence-electron chi connectivity index (χ4n) is 2.91. The largest absolute Gasteiger partial charge is 0.497 e. The summed E-state index contributed by atoms with van der Waals surface area (Å²) in [7, 11) is 1.63. The van der Waals surface area contributed by atoms with Gasteiger partial charge in [0.05, 0.1) is 13.2 Å². The number of methoxy groups -OCH3 is 1. The fraction of sp³-hybridized carbons (Fsp3) is 0.647. The van der Waals surface area contributed by atoms with Crippen molar-refractivity contribution in [2.45, 2.75) is 64.1 Å². The van der Waals surface area contributed by atoms with Gasteiger partial charge in [-0.25, -0.2) is 0 Å². The van der Waals surface area contributed by atoms with Crippen LogP contribution in [-0.2, 0) is 0 Å². The SMILES string of the molecule is CCCCCCC1(C)CC(O)c2cc(OC)ccc2O1. The molecule has 1 aromatic carbocycles. The van der Waals surface area contributed by atoms with Crippen LogP contribution in [0.1, 0.15) is 64.0 Å². The van der Waals surface area contributed by atoms with Gasteiger partial charge in [-0.3, -0.25) is 0 Å². The molecule has 1 aliphatic heterocycles. The third kappa shape index (κ3) is 3.45. The molecule has 1 aromatic rings. The predicted octanol–water partition coefficient (Wildman–Crippen LogP) is 4.24. The van der Waals surface area contributed by atoms with E-state index in [9.17, 15) is 5.11 Å². The Morgan fingerprint density at radius 1 is 1.35 bits per heavy atom. The van der Waals surface area contributed by atoms with Gasteiger partial charge in [0.1, 0.15) is 17.1 Å². The van der Waals surface area contributed by atoms with E-state index in [0.29, 0.717) is 6.42 Å². The van der Waals surface area contributed by atoms with Crippen molar-refractivity contribution in [1.29, 1.82) is 0 Å². The first-order valence-corrected chi connectivity index (χ1v) is 7.63. The molecule has 3 nitrogen and oxygen atoms in total. The number of hydrogen-bond donors (Lipinski definition) is 1. The first kappa shape index (κ1) is 15.2. The lowest BCUT2D eigenvalue weighted by Gasteiger charge is -2.38. The number of hydrogen-bond acceptors (Lipinski definition) is 3. The molecule has 1 N–H and O–H groups in total. The Bertz CT molecular complexity index is 444. The second kappa shape index (κ2) is 6.49. The minimum atomic E-state index is -0.468. The summed E-state index contributed by atoms with van der Waals surface area (Å²) in [6.07, 6.45) is 6.08. The highest BCUT2D eigenvalue weighted by Gasteiger charge is 2.36. The van der Waals surface area contributed by atoms with Crippen LogP contribution in [0.3, 0.4) is 0 Å². The van der Waals surface area contributed by atoms with Crippen LogP contribution in [0.15, 0.2) is 18.2 Å². The Morgan fingerprint density at radius 3 is 2.85 bits per heavy atom. The van der Waals surface area contributed by atoms with Gasteiger partial charge in [-0.2, -0.15) is 0 Å². The molecule has 2 unspecified atom stereocenters. The van der Waals surface area contributed by atoms with E-state index in [1.165, 1.54) is 19.3 Å². The lowest BCUT2D eigenvalue weighted by molar-refractivity contribution is -0.00864. The van der Waals surface area contributed by atoms with Crippen LogP contribution in [0.4, 0.5) is 0 Å². The van der Waals surface area contributed by atoms with E-state index in [-0.39, 0.29) is 5.60 Å². The Kier molecular flexibility index (Phi) is 4.92. The third-order valence-corrected chi connectivity index (χ3v) is 4.12. The van der Waals surface area contributed by atoms with Crippen molar-refractivity contribution in [3.8, 4) is 11.5 Å². The van der Waals surface area contributed by atoms with E-state index in [1.807, 2.05) is 18.2 Å². The Balaban J connectivity index is 2.06. The zero-order valence-corrected chi connectivity index (χ0v) is 12.8. The summed E-state index contributed by atoms with van der Waals surface area (Å²) in [5, 5.41) is 10.4. The summed E-state index contributed by atoms with van der Waals surface area (Å²) in [4.78, 5) is 0. The zero-order valence-electron chi connectivity index (χ0n) is 12.8. The van der Waals surface area contributed by atoms with Crippen molar-refractivity contribution in [2.24, 2.45) is 0 Å². The second-order valence-electron chi connectivity index (χ2n) is 5.99. The topological polar surface area (TPSA) is 38.7 Å². The molecular weight excluding hydrogens is 252 g/mol. The summed E-state index contributed by atoms with van der Waals surface area (Å²) in [5.74, 6) is 1.56. The number of unbranched alkanes of at least 4 members (excludes halogenated alkanes) is 3. The summed E-state index contributed by atoms with van der Waals surface area (Å²) >= 11 is 0. The molecular formula is C17H26O3. The fourth-order valence-corrected chi connectivity index (χ4v) is 2.91. The van der Waals surface area contributed by atoms with E-state index in [2.05, 4.69) is 13.8 Å². The van der Waals surface area contributed by atoms with E-state index >= 15 is 0 Å². The Labute approximate surface area is 121 Å². The van der Waals surface area contributed by atoms with Gasteiger partial charge < -0.3 is 14.6 Å². The van der Waals surface area contributed by atoms with Crippen molar-refractivity contribution >= 4 is 0 Å². The zero-order chi connectivity index (χ0) is 14.6. The normalized spacial score (nSPS) is 24.9. The number of ether oxygens (including phenoxy) is 2. The molecule has 3 heteroatoms. The summed E-state index contributed by atoms with van der Waals surface area (Å²) in [6, 6.07) is 5.66. The number of rotatable bonds is 6. The highest BCUT2D eigenvalue weighted by atomic mass is 16.5. The molecule has 2 atom stereocenters. The lowest BCUT2D eigenvalue weighted by atomic mass is 9.86. The van der Waals surface area contributed by atoms with Crippen molar-refractivity contribution in [3.63, 3.8) is 0 Å². The molecule has 1 aliphatic rings. The van der Waals surface area contributed by atoms with E-state index in [0.717, 1.165) is 29.9 Å². The van der Waals surface area contributed by atoms with Crippen LogP contribution < -0.4 is 9.47 Å². The lowest BCUT2D eigenvalue weighted by Crippen LogP contribution is -2.38. The molecule has 2 rings (SSSR count). The maximum absolute atomic E-state index is 10.4. The maximum atomic E-state index is 10.4. The molecule has 0 aliphatic carbocycles. The minimum Gasteiger partial charge on any atom is -0.497 e. The molecule has 0 aromatic heterocycles. The average Bonchev–Trinajstić information content (AvgIpc) is 2.43. The van der Waals surface area contributed by atoms with Crippen molar-refractivity contribution in [2.75, 3.05) is 7.11 Å². The van der Waals surface area contributed by atoms with Gasteiger partial charge in [0.15, 0.2) is 0 Å². The monoisotopic (exact) mass is 278 g/mol. The van der Waals surface area contributed by atoms with E-state index in [1.54, 1.807) is 7.11 Å². The molecule has 20 heavy (non-hydrogen) atoms. The van der Waals surface area contributed by atoms with Gasteiger partial charge in [-0.05, 0) is 38.0 Å².